The van der Waals surface area contributed by atoms with E-state index in [9.17, 15) is 13.2 Å². The van der Waals surface area contributed by atoms with Gasteiger partial charge in [0.15, 0.2) is 0 Å². The number of halogens is 3. The quantitative estimate of drug-likeness (QED) is 0.619. The molecule has 5 nitrogen and oxygen atoms in total. The van der Waals surface area contributed by atoms with Crippen molar-refractivity contribution in [2.24, 2.45) is 0 Å². The topological polar surface area (TPSA) is 47.5 Å². The number of hydrogen-bond donors (Lipinski definition) is 0. The van der Waals surface area contributed by atoms with E-state index < -0.39 is 6.36 Å². The van der Waals surface area contributed by atoms with Gasteiger partial charge < -0.3 is 9.47 Å². The van der Waals surface area contributed by atoms with E-state index in [0.717, 1.165) is 22.4 Å². The van der Waals surface area contributed by atoms with Crippen LogP contribution in [0.15, 0.2) is 60.9 Å². The lowest BCUT2D eigenvalue weighted by Gasteiger charge is -2.34. The molecule has 1 aliphatic heterocycles. The Bertz CT molecular complexity index is 979. The van der Waals surface area contributed by atoms with Crippen molar-refractivity contribution in [3.63, 3.8) is 0 Å². The van der Waals surface area contributed by atoms with Crippen LogP contribution in [0.25, 0.3) is 11.1 Å². The first-order valence-electron chi connectivity index (χ1n) is 9.02. The van der Waals surface area contributed by atoms with Gasteiger partial charge in [0.2, 0.25) is 0 Å². The summed E-state index contributed by atoms with van der Waals surface area (Å²) in [4.78, 5) is 10.6. The van der Waals surface area contributed by atoms with Crippen LogP contribution in [-0.4, -0.2) is 28.0 Å². The van der Waals surface area contributed by atoms with Crippen molar-refractivity contribution in [1.82, 2.24) is 14.9 Å². The first-order chi connectivity index (χ1) is 13.9. The summed E-state index contributed by atoms with van der Waals surface area (Å²) in [7, 11) is 0. The maximum absolute atomic E-state index is 12.3. The van der Waals surface area contributed by atoms with Crippen LogP contribution in [0.5, 0.6) is 11.5 Å². The third-order valence-corrected chi connectivity index (χ3v) is 4.78. The summed E-state index contributed by atoms with van der Waals surface area (Å²) in [6, 6.07) is 13.4. The van der Waals surface area contributed by atoms with Crippen molar-refractivity contribution in [3.05, 3.63) is 72.3 Å². The fourth-order valence-electron chi connectivity index (χ4n) is 3.27. The van der Waals surface area contributed by atoms with Crippen LogP contribution in [0, 0.1) is 0 Å². The zero-order valence-corrected chi connectivity index (χ0v) is 15.6. The van der Waals surface area contributed by atoms with Gasteiger partial charge in [-0.2, -0.15) is 0 Å². The summed E-state index contributed by atoms with van der Waals surface area (Å²) in [5.74, 6) is 1.26. The minimum atomic E-state index is -4.70. The van der Waals surface area contributed by atoms with Crippen LogP contribution in [0.2, 0.25) is 0 Å². The molecule has 0 fully saturated rings. The molecule has 0 saturated heterocycles. The van der Waals surface area contributed by atoms with E-state index in [0.29, 0.717) is 19.1 Å². The standard InChI is InChI=1S/C21H18F3N3O2/c1-14-18-11-16(15-3-6-17(7-4-15)29-21(22,23)24)5-8-19(18)28-13-27(14)12-20-25-9-2-10-26-20/h2-11,14H,12-13H2,1H3. The second-order valence-corrected chi connectivity index (χ2v) is 6.69. The maximum Gasteiger partial charge on any atom is 0.573 e. The van der Waals surface area contributed by atoms with Crippen LogP contribution < -0.4 is 9.47 Å². The third-order valence-electron chi connectivity index (χ3n) is 4.78. The molecule has 0 amide bonds. The summed E-state index contributed by atoms with van der Waals surface area (Å²) < 4.78 is 46.8. The average molecular weight is 401 g/mol. The van der Waals surface area contributed by atoms with E-state index in [1.807, 2.05) is 18.2 Å². The molecule has 3 aromatic rings. The smallest absolute Gasteiger partial charge is 0.478 e. The van der Waals surface area contributed by atoms with E-state index in [2.05, 4.69) is 26.5 Å². The van der Waals surface area contributed by atoms with Crippen LogP contribution in [-0.2, 0) is 6.54 Å². The van der Waals surface area contributed by atoms with Crippen molar-refractivity contribution in [2.45, 2.75) is 25.9 Å². The number of fused-ring (bicyclic) bond motifs is 1. The molecule has 1 unspecified atom stereocenters. The number of ether oxygens (including phenoxy) is 2. The predicted molar refractivity (Wildman–Crippen MR) is 100 cm³/mol. The number of alkyl halides is 3. The van der Waals surface area contributed by atoms with Gasteiger partial charge in [0.05, 0.1) is 6.54 Å². The summed E-state index contributed by atoms with van der Waals surface area (Å²) in [6.45, 7) is 3.05. The SMILES string of the molecule is CC1c2cc(-c3ccc(OC(F)(F)F)cc3)ccc2OCN1Cc1ncccn1. The molecule has 0 spiro atoms. The zero-order valence-electron chi connectivity index (χ0n) is 15.6. The van der Waals surface area contributed by atoms with Crippen molar-refractivity contribution in [1.29, 1.82) is 0 Å². The van der Waals surface area contributed by atoms with Crippen molar-refractivity contribution < 1.29 is 22.6 Å². The molecule has 2 heterocycles. The molecule has 150 valence electrons. The van der Waals surface area contributed by atoms with Gasteiger partial charge in [-0.3, -0.25) is 4.90 Å². The Morgan fingerprint density at radius 3 is 2.45 bits per heavy atom. The Kier molecular flexibility index (Phi) is 5.10. The van der Waals surface area contributed by atoms with Gasteiger partial charge in [-0.25, -0.2) is 9.97 Å². The normalized spacial score (nSPS) is 16.8. The molecule has 29 heavy (non-hydrogen) atoms. The Morgan fingerprint density at radius 2 is 1.76 bits per heavy atom. The summed E-state index contributed by atoms with van der Waals surface area (Å²) in [5.41, 5.74) is 2.67. The van der Waals surface area contributed by atoms with Crippen molar-refractivity contribution in [2.75, 3.05) is 6.73 Å². The van der Waals surface area contributed by atoms with Gasteiger partial charge in [-0.15, -0.1) is 13.2 Å². The zero-order chi connectivity index (χ0) is 20.4. The highest BCUT2D eigenvalue weighted by Crippen LogP contribution is 2.37. The van der Waals surface area contributed by atoms with Gasteiger partial charge in [0.1, 0.15) is 24.1 Å². The summed E-state index contributed by atoms with van der Waals surface area (Å²) >= 11 is 0. The minimum Gasteiger partial charge on any atom is -0.478 e. The van der Waals surface area contributed by atoms with E-state index in [-0.39, 0.29) is 11.8 Å². The van der Waals surface area contributed by atoms with E-state index in [4.69, 9.17) is 4.74 Å². The number of rotatable bonds is 4. The molecule has 0 N–H and O–H groups in total. The lowest BCUT2D eigenvalue weighted by molar-refractivity contribution is -0.274. The van der Waals surface area contributed by atoms with Gasteiger partial charge in [0, 0.05) is 24.0 Å². The largest absolute Gasteiger partial charge is 0.573 e. The lowest BCUT2D eigenvalue weighted by atomic mass is 9.97. The molecule has 8 heteroatoms. The molecule has 1 aliphatic rings. The van der Waals surface area contributed by atoms with Crippen LogP contribution in [0.1, 0.15) is 24.4 Å². The van der Waals surface area contributed by atoms with Crippen LogP contribution in [0.4, 0.5) is 13.2 Å². The molecule has 0 bridgehead atoms. The Balaban J connectivity index is 1.55. The van der Waals surface area contributed by atoms with E-state index >= 15 is 0 Å². The second kappa shape index (κ2) is 7.71. The molecule has 1 aromatic heterocycles. The van der Waals surface area contributed by atoms with Gasteiger partial charge in [-0.05, 0) is 48.4 Å². The molecule has 0 aliphatic carbocycles. The lowest BCUT2D eigenvalue weighted by Crippen LogP contribution is -2.35. The van der Waals surface area contributed by atoms with E-state index in [1.165, 1.54) is 12.1 Å². The number of hydrogen-bond acceptors (Lipinski definition) is 5. The number of aromatic nitrogens is 2. The number of benzene rings is 2. The van der Waals surface area contributed by atoms with E-state index in [1.54, 1.807) is 30.6 Å². The first kappa shape index (κ1) is 19.2. The van der Waals surface area contributed by atoms with Gasteiger partial charge in [-0.1, -0.05) is 18.2 Å². The highest BCUT2D eigenvalue weighted by molar-refractivity contribution is 5.67. The molecular formula is C21H18F3N3O2. The highest BCUT2D eigenvalue weighted by Gasteiger charge is 2.31. The van der Waals surface area contributed by atoms with Crippen LogP contribution in [0.3, 0.4) is 0 Å². The van der Waals surface area contributed by atoms with Gasteiger partial charge in [0.25, 0.3) is 0 Å². The second-order valence-electron chi connectivity index (χ2n) is 6.69. The predicted octanol–water partition coefficient (Wildman–Crippen LogP) is 4.96. The minimum absolute atomic E-state index is 0.0651. The summed E-state index contributed by atoms with van der Waals surface area (Å²) in [5, 5.41) is 0. The fourth-order valence-corrected chi connectivity index (χ4v) is 3.27. The molecular weight excluding hydrogens is 383 g/mol. The number of nitrogens with zero attached hydrogens (tertiary/aromatic N) is 3. The Hall–Kier alpha value is -3.13. The first-order valence-corrected chi connectivity index (χ1v) is 9.02. The molecule has 1 atom stereocenters. The molecule has 0 radical (unpaired) electrons. The van der Waals surface area contributed by atoms with Crippen LogP contribution >= 0.6 is 0 Å². The maximum atomic E-state index is 12.3. The Labute approximate surface area is 165 Å². The highest BCUT2D eigenvalue weighted by atomic mass is 19.4. The summed E-state index contributed by atoms with van der Waals surface area (Å²) in [6.07, 6.45) is -1.29. The monoisotopic (exact) mass is 401 g/mol. The Morgan fingerprint density at radius 1 is 1.07 bits per heavy atom. The van der Waals surface area contributed by atoms with Crippen molar-refractivity contribution in [3.8, 4) is 22.6 Å². The molecule has 4 rings (SSSR count). The average Bonchev–Trinajstić information content (AvgIpc) is 2.70. The third kappa shape index (κ3) is 4.48. The van der Waals surface area contributed by atoms with Crippen molar-refractivity contribution >= 4 is 0 Å². The van der Waals surface area contributed by atoms with Gasteiger partial charge >= 0.3 is 6.36 Å². The molecule has 0 saturated carbocycles. The molecule has 2 aromatic carbocycles. The fraction of sp³-hybridized carbons (Fsp3) is 0.238.